The smallest absolute Gasteiger partial charge is 0.132 e. The van der Waals surface area contributed by atoms with Crippen LogP contribution >= 0.6 is 11.6 Å². The molecule has 27 heavy (non-hydrogen) atoms. The van der Waals surface area contributed by atoms with Crippen LogP contribution in [-0.2, 0) is 13.2 Å². The van der Waals surface area contributed by atoms with E-state index >= 15 is 0 Å². The van der Waals surface area contributed by atoms with Gasteiger partial charge in [0, 0.05) is 28.8 Å². The van der Waals surface area contributed by atoms with Crippen molar-refractivity contribution in [3.05, 3.63) is 94.4 Å². The summed E-state index contributed by atoms with van der Waals surface area (Å²) in [5, 5.41) is 1.93. The highest BCUT2D eigenvalue weighted by Crippen LogP contribution is 2.28. The Hall–Kier alpha value is -2.78. The first-order valence-electron chi connectivity index (χ1n) is 8.99. The molecule has 0 unspecified atom stereocenters. The molecule has 136 valence electrons. The Morgan fingerprint density at radius 2 is 1.70 bits per heavy atom. The molecule has 3 nitrogen and oxygen atoms in total. The van der Waals surface area contributed by atoms with E-state index in [2.05, 4.69) is 53.7 Å². The van der Waals surface area contributed by atoms with Crippen molar-refractivity contribution in [2.45, 2.75) is 27.0 Å². The molecule has 2 heterocycles. The molecule has 2 aromatic carbocycles. The molecule has 2 aromatic heterocycles. The Morgan fingerprint density at radius 3 is 2.44 bits per heavy atom. The molecular weight excluding hydrogens is 356 g/mol. The van der Waals surface area contributed by atoms with E-state index in [9.17, 15) is 0 Å². The molecule has 0 saturated heterocycles. The number of nitrogens with zero attached hydrogens (tertiary/aromatic N) is 2. The number of halogens is 1. The predicted octanol–water partition coefficient (Wildman–Crippen LogP) is 5.93. The van der Waals surface area contributed by atoms with Crippen LogP contribution in [0, 0.1) is 13.8 Å². The third-order valence-electron chi connectivity index (χ3n) is 4.99. The molecule has 0 aliphatic heterocycles. The van der Waals surface area contributed by atoms with Gasteiger partial charge >= 0.3 is 0 Å². The largest absolute Gasteiger partial charge is 0.487 e. The Bertz CT molecular complexity index is 1070. The van der Waals surface area contributed by atoms with Crippen molar-refractivity contribution in [2.24, 2.45) is 0 Å². The summed E-state index contributed by atoms with van der Waals surface area (Å²) in [6, 6.07) is 20.0. The van der Waals surface area contributed by atoms with Gasteiger partial charge in [0.15, 0.2) is 0 Å². The monoisotopic (exact) mass is 376 g/mol. The summed E-state index contributed by atoms with van der Waals surface area (Å²) in [6.07, 6.45) is 1.86. The number of benzene rings is 2. The maximum Gasteiger partial charge on any atom is 0.132 e. The van der Waals surface area contributed by atoms with Crippen LogP contribution in [0.1, 0.15) is 22.5 Å². The van der Waals surface area contributed by atoms with Crippen LogP contribution in [0.25, 0.3) is 10.9 Å². The minimum absolute atomic E-state index is 0.413. The van der Waals surface area contributed by atoms with Gasteiger partial charge < -0.3 is 9.30 Å². The van der Waals surface area contributed by atoms with Crippen LogP contribution in [0.2, 0.25) is 5.02 Å². The molecule has 0 bridgehead atoms. The van der Waals surface area contributed by atoms with Gasteiger partial charge in [-0.3, -0.25) is 4.98 Å². The summed E-state index contributed by atoms with van der Waals surface area (Å²) < 4.78 is 8.32. The number of hydrogen-bond acceptors (Lipinski definition) is 2. The first kappa shape index (κ1) is 17.6. The molecule has 0 atom stereocenters. The van der Waals surface area contributed by atoms with Crippen LogP contribution in [-0.4, -0.2) is 9.55 Å². The zero-order chi connectivity index (χ0) is 18.8. The van der Waals surface area contributed by atoms with Gasteiger partial charge in [-0.2, -0.15) is 0 Å². The third-order valence-corrected chi connectivity index (χ3v) is 5.25. The van der Waals surface area contributed by atoms with Crippen LogP contribution in [0.3, 0.4) is 0 Å². The van der Waals surface area contributed by atoms with Gasteiger partial charge in [0.05, 0.1) is 5.52 Å². The van der Waals surface area contributed by atoms with Crippen LogP contribution in [0.4, 0.5) is 0 Å². The average molecular weight is 377 g/mol. The van der Waals surface area contributed by atoms with Crippen LogP contribution < -0.4 is 4.74 Å². The Balaban J connectivity index is 1.72. The van der Waals surface area contributed by atoms with Gasteiger partial charge in [-0.25, -0.2) is 0 Å². The van der Waals surface area contributed by atoms with Crippen molar-refractivity contribution in [1.29, 1.82) is 0 Å². The van der Waals surface area contributed by atoms with Gasteiger partial charge in [0.1, 0.15) is 18.1 Å². The standard InChI is InChI=1S/C23H21ClN2O/c1-16-17(2)26(14-18-6-4-3-5-7-18)23-21(16)12-13-25-22(23)15-27-20-10-8-19(24)9-11-20/h3-13H,14-15H2,1-2H3. The molecule has 0 aliphatic rings. The number of ether oxygens (including phenoxy) is 1. The van der Waals surface area contributed by atoms with Gasteiger partial charge in [-0.1, -0.05) is 41.9 Å². The number of aryl methyl sites for hydroxylation is 1. The molecule has 0 radical (unpaired) electrons. The highest BCUT2D eigenvalue weighted by molar-refractivity contribution is 6.30. The highest BCUT2D eigenvalue weighted by atomic mass is 35.5. The lowest BCUT2D eigenvalue weighted by molar-refractivity contribution is 0.302. The summed E-state index contributed by atoms with van der Waals surface area (Å²) >= 11 is 5.95. The fraction of sp³-hybridized carbons (Fsp3) is 0.174. The molecule has 0 spiro atoms. The Labute approximate surface area is 164 Å². The van der Waals surface area contributed by atoms with E-state index in [0.29, 0.717) is 11.6 Å². The SMILES string of the molecule is Cc1c(C)n(Cc2ccccc2)c2c(COc3ccc(Cl)cc3)nccc12. The second-order valence-electron chi connectivity index (χ2n) is 6.68. The molecule has 0 saturated carbocycles. The topological polar surface area (TPSA) is 27.1 Å². The van der Waals surface area contributed by atoms with Crippen LogP contribution in [0.15, 0.2) is 66.9 Å². The second-order valence-corrected chi connectivity index (χ2v) is 7.11. The maximum absolute atomic E-state index is 5.98. The zero-order valence-electron chi connectivity index (χ0n) is 15.4. The van der Waals surface area contributed by atoms with Crippen molar-refractivity contribution in [1.82, 2.24) is 9.55 Å². The van der Waals surface area contributed by atoms with Gasteiger partial charge in [0.2, 0.25) is 0 Å². The number of hydrogen-bond donors (Lipinski definition) is 0. The van der Waals surface area contributed by atoms with E-state index in [-0.39, 0.29) is 0 Å². The molecule has 4 heteroatoms. The van der Waals surface area contributed by atoms with E-state index in [4.69, 9.17) is 16.3 Å². The second kappa shape index (κ2) is 7.45. The number of rotatable bonds is 5. The molecule has 4 rings (SSSR count). The number of aromatic nitrogens is 2. The molecule has 0 aliphatic carbocycles. The van der Waals surface area contributed by atoms with Gasteiger partial charge in [-0.15, -0.1) is 0 Å². The highest BCUT2D eigenvalue weighted by Gasteiger charge is 2.16. The van der Waals surface area contributed by atoms with Crippen molar-refractivity contribution in [3.63, 3.8) is 0 Å². The third kappa shape index (κ3) is 3.56. The Morgan fingerprint density at radius 1 is 0.963 bits per heavy atom. The normalized spacial score (nSPS) is 11.1. The van der Waals surface area contributed by atoms with E-state index < -0.39 is 0 Å². The summed E-state index contributed by atoms with van der Waals surface area (Å²) in [5.74, 6) is 0.785. The minimum Gasteiger partial charge on any atom is -0.487 e. The van der Waals surface area contributed by atoms with Gasteiger partial charge in [0.25, 0.3) is 0 Å². The van der Waals surface area contributed by atoms with E-state index in [1.807, 2.05) is 36.5 Å². The predicted molar refractivity (Wildman–Crippen MR) is 111 cm³/mol. The van der Waals surface area contributed by atoms with Crippen molar-refractivity contribution < 1.29 is 4.74 Å². The summed E-state index contributed by atoms with van der Waals surface area (Å²) in [4.78, 5) is 4.62. The first-order valence-corrected chi connectivity index (χ1v) is 9.37. The average Bonchev–Trinajstić information content (AvgIpc) is 2.94. The van der Waals surface area contributed by atoms with E-state index in [0.717, 1.165) is 23.5 Å². The fourth-order valence-corrected chi connectivity index (χ4v) is 3.54. The minimum atomic E-state index is 0.413. The quantitative estimate of drug-likeness (QED) is 0.431. The summed E-state index contributed by atoms with van der Waals surface area (Å²) in [7, 11) is 0. The molecule has 0 N–H and O–H groups in total. The molecular formula is C23H21ClN2O. The van der Waals surface area contributed by atoms with Gasteiger partial charge in [-0.05, 0) is 55.3 Å². The molecule has 0 fully saturated rings. The summed E-state index contributed by atoms with van der Waals surface area (Å²) in [6.45, 7) is 5.57. The Kier molecular flexibility index (Phi) is 4.87. The van der Waals surface area contributed by atoms with Crippen LogP contribution in [0.5, 0.6) is 5.75 Å². The molecule has 0 amide bonds. The number of pyridine rings is 1. The van der Waals surface area contributed by atoms with E-state index in [1.165, 1.54) is 22.2 Å². The fourth-order valence-electron chi connectivity index (χ4n) is 3.42. The first-order chi connectivity index (χ1) is 13.1. The van der Waals surface area contributed by atoms with E-state index in [1.54, 1.807) is 0 Å². The zero-order valence-corrected chi connectivity index (χ0v) is 16.2. The van der Waals surface area contributed by atoms with Crippen molar-refractivity contribution >= 4 is 22.5 Å². The lowest BCUT2D eigenvalue weighted by atomic mass is 10.2. The van der Waals surface area contributed by atoms with Crippen molar-refractivity contribution in [3.8, 4) is 5.75 Å². The summed E-state index contributed by atoms with van der Waals surface area (Å²) in [5.41, 5.74) is 5.90. The van der Waals surface area contributed by atoms with Crippen molar-refractivity contribution in [2.75, 3.05) is 0 Å². The lowest BCUT2D eigenvalue weighted by Gasteiger charge is -2.12. The molecule has 4 aromatic rings. The lowest BCUT2D eigenvalue weighted by Crippen LogP contribution is -2.06. The number of fused-ring (bicyclic) bond motifs is 1. The maximum atomic E-state index is 5.98.